The predicted molar refractivity (Wildman–Crippen MR) is 280 cm³/mol. The topological polar surface area (TPSA) is 194 Å². The van der Waals surface area contributed by atoms with Crippen LogP contribution in [-0.2, 0) is 48.5 Å². The van der Waals surface area contributed by atoms with Crippen molar-refractivity contribution in [3.05, 3.63) is 143 Å². The van der Waals surface area contributed by atoms with Gasteiger partial charge in [0.15, 0.2) is 0 Å². The number of ether oxygens (including phenoxy) is 3. The number of unbranched alkanes of at least 4 members (excludes halogenated alkanes) is 1. The van der Waals surface area contributed by atoms with Crippen molar-refractivity contribution in [2.45, 2.75) is 129 Å². The van der Waals surface area contributed by atoms with E-state index in [0.717, 1.165) is 66.9 Å². The van der Waals surface area contributed by atoms with E-state index in [9.17, 15) is 28.2 Å². The van der Waals surface area contributed by atoms with E-state index in [1.54, 1.807) is 51.2 Å². The predicted octanol–water partition coefficient (Wildman–Crippen LogP) is 7.95. The largest absolute Gasteiger partial charge is 0.494 e. The maximum atomic E-state index is 13.7. The first-order valence-electron chi connectivity index (χ1n) is 25.4. The number of nitrogens with one attached hydrogen (secondary N) is 2. The number of hydrogen-bond acceptors (Lipinski definition) is 13. The van der Waals surface area contributed by atoms with Gasteiger partial charge in [-0.1, -0.05) is 116 Å². The third-order valence-corrected chi connectivity index (χ3v) is 14.6. The zero-order chi connectivity index (χ0) is 52.2. The van der Waals surface area contributed by atoms with Crippen molar-refractivity contribution >= 4 is 22.0 Å². The lowest BCUT2D eigenvalue weighted by molar-refractivity contribution is -0.166. The van der Waals surface area contributed by atoms with E-state index in [2.05, 4.69) is 37.4 Å². The van der Waals surface area contributed by atoms with E-state index in [1.165, 1.54) is 10.2 Å². The Labute approximate surface area is 427 Å². The Bertz CT molecular complexity index is 2490. The molecule has 0 radical (unpaired) electrons. The second-order valence-corrected chi connectivity index (χ2v) is 21.3. The quantitative estimate of drug-likeness (QED) is 0.0240. The fourth-order valence-corrected chi connectivity index (χ4v) is 9.91. The summed E-state index contributed by atoms with van der Waals surface area (Å²) in [6.07, 6.45) is 4.50. The number of benzene rings is 4. The van der Waals surface area contributed by atoms with E-state index in [-0.39, 0.29) is 37.1 Å². The van der Waals surface area contributed by atoms with Gasteiger partial charge in [-0.05, 0) is 133 Å². The Balaban J connectivity index is 1.01. The van der Waals surface area contributed by atoms with Crippen molar-refractivity contribution < 1.29 is 42.4 Å². The molecule has 0 aliphatic rings. The summed E-state index contributed by atoms with van der Waals surface area (Å²) in [7, 11) is -3.84. The summed E-state index contributed by atoms with van der Waals surface area (Å²) in [5, 5.41) is 33.2. The van der Waals surface area contributed by atoms with E-state index in [4.69, 9.17) is 14.2 Å². The molecular weight excluding hydrogens is 933 g/mol. The van der Waals surface area contributed by atoms with Gasteiger partial charge in [0.25, 0.3) is 0 Å². The number of carbonyl (C=O) groups is 2. The molecule has 392 valence electrons. The van der Waals surface area contributed by atoms with Crippen LogP contribution in [0.15, 0.2) is 120 Å². The number of likely N-dealkylation sites (N-methyl/N-ethyl adjacent to an activating group) is 1. The molecule has 0 aliphatic heterocycles. The Morgan fingerprint density at radius 2 is 1.36 bits per heavy atom. The molecule has 4 N–H and O–H groups in total. The van der Waals surface area contributed by atoms with Gasteiger partial charge in [0, 0.05) is 12.7 Å². The molecule has 5 rings (SSSR count). The molecule has 5 aromatic rings. The second-order valence-electron chi connectivity index (χ2n) is 19.6. The highest BCUT2D eigenvalue weighted by atomic mass is 32.2. The van der Waals surface area contributed by atoms with Crippen molar-refractivity contribution in [1.29, 1.82) is 0 Å². The maximum absolute atomic E-state index is 13.7. The highest BCUT2D eigenvalue weighted by Gasteiger charge is 2.43. The molecule has 1 aromatic heterocycles. The standard InChI is InChI=1S/C56H78N6O9S/c1-8-56(7,54(66)71-39-47(63)37-61(9-2)10-3)41-55(5,6)53(65)70-40-48(64)38-62-36-46(58-60-62)25-17-18-35-69-49-30-28-43(29-31-49)20-19-34-57-51(44-21-13-11-14-22-44)52(45-23-15-12-16-24-45)59-72(67,68)50-32-26-42(4)27-33-50/h11-16,21-24,26-33,36,47-48,51-52,57,59,63-64H,8-10,17-20,25,34-35,37-41H2,1-7H3/t47?,48?,51-,52?,56?/m1/s1. The monoisotopic (exact) mass is 1010 g/mol. The van der Waals surface area contributed by atoms with Crippen LogP contribution in [-0.4, -0.2) is 109 Å². The van der Waals surface area contributed by atoms with E-state index in [0.29, 0.717) is 32.5 Å². The first-order valence-corrected chi connectivity index (χ1v) is 26.9. The summed E-state index contributed by atoms with van der Waals surface area (Å²) in [6, 6.07) is 33.7. The SMILES string of the molecule is CCN(CC)CC(O)COC(=O)C(C)(CC)CC(C)(C)C(=O)OCC(O)Cn1cc(CCCCOc2ccc(CCCN[C@H](c3ccccc3)C(NS(=O)(=O)c3ccc(C)cc3)c3ccccc3)cc2)nn1. The molecule has 0 saturated heterocycles. The Morgan fingerprint density at radius 1 is 0.750 bits per heavy atom. The number of aliphatic hydroxyl groups excluding tert-OH is 2. The number of rotatable bonds is 32. The summed E-state index contributed by atoms with van der Waals surface area (Å²) in [4.78, 5) is 28.6. The zero-order valence-electron chi connectivity index (χ0n) is 43.3. The molecular formula is C56H78N6O9S. The van der Waals surface area contributed by atoms with E-state index in [1.807, 2.05) is 100 Å². The molecule has 0 bridgehead atoms. The normalized spacial score (nSPS) is 14.5. The lowest BCUT2D eigenvalue weighted by Crippen LogP contribution is -2.41. The smallest absolute Gasteiger partial charge is 0.311 e. The van der Waals surface area contributed by atoms with Gasteiger partial charge in [0.1, 0.15) is 31.2 Å². The molecule has 15 nitrogen and oxygen atoms in total. The first-order chi connectivity index (χ1) is 34.4. The van der Waals surface area contributed by atoms with Crippen molar-refractivity contribution in [3.63, 3.8) is 0 Å². The van der Waals surface area contributed by atoms with Gasteiger partial charge in [0.05, 0.1) is 46.7 Å². The lowest BCUT2D eigenvalue weighted by Gasteiger charge is -2.34. The number of aliphatic hydroxyl groups is 2. The lowest BCUT2D eigenvalue weighted by atomic mass is 9.72. The molecule has 1 heterocycles. The molecule has 4 aromatic carbocycles. The second kappa shape index (κ2) is 28.1. The Morgan fingerprint density at radius 3 is 1.99 bits per heavy atom. The number of sulfonamides is 1. The molecule has 4 unspecified atom stereocenters. The number of carbonyl (C=O) groups excluding carboxylic acids is 2. The summed E-state index contributed by atoms with van der Waals surface area (Å²) in [5.41, 5.74) is 2.76. The summed E-state index contributed by atoms with van der Waals surface area (Å²) < 4.78 is 49.1. The van der Waals surface area contributed by atoms with Crippen LogP contribution < -0.4 is 14.8 Å². The highest BCUT2D eigenvalue weighted by Crippen LogP contribution is 2.39. The van der Waals surface area contributed by atoms with Crippen LogP contribution in [0, 0.1) is 17.8 Å². The summed E-state index contributed by atoms with van der Waals surface area (Å²) in [5.74, 6) is -0.224. The highest BCUT2D eigenvalue weighted by molar-refractivity contribution is 7.89. The average molecular weight is 1010 g/mol. The van der Waals surface area contributed by atoms with Crippen LogP contribution in [0.2, 0.25) is 0 Å². The fraction of sp³-hybridized carbons (Fsp3) is 0.500. The molecule has 0 fully saturated rings. The fourth-order valence-electron chi connectivity index (χ4n) is 8.68. The zero-order valence-corrected chi connectivity index (χ0v) is 44.2. The maximum Gasteiger partial charge on any atom is 0.311 e. The minimum absolute atomic E-state index is 0.0902. The summed E-state index contributed by atoms with van der Waals surface area (Å²) >= 11 is 0. The van der Waals surface area contributed by atoms with E-state index >= 15 is 0 Å². The number of hydrogen-bond donors (Lipinski definition) is 4. The van der Waals surface area contributed by atoms with Crippen LogP contribution >= 0.6 is 0 Å². The molecule has 0 spiro atoms. The van der Waals surface area contributed by atoms with Gasteiger partial charge >= 0.3 is 11.9 Å². The van der Waals surface area contributed by atoms with Gasteiger partial charge < -0.3 is 34.6 Å². The van der Waals surface area contributed by atoms with Crippen LogP contribution in [0.4, 0.5) is 0 Å². The van der Waals surface area contributed by atoms with Gasteiger partial charge in [-0.15, -0.1) is 5.10 Å². The number of aryl methyl sites for hydroxylation is 3. The van der Waals surface area contributed by atoms with Gasteiger partial charge in [0.2, 0.25) is 10.0 Å². The Hall–Kier alpha value is -5.49. The third-order valence-electron chi connectivity index (χ3n) is 13.1. The van der Waals surface area contributed by atoms with Gasteiger partial charge in [-0.25, -0.2) is 17.8 Å². The van der Waals surface area contributed by atoms with Crippen LogP contribution in [0.25, 0.3) is 0 Å². The van der Waals surface area contributed by atoms with E-state index < -0.39 is 51.0 Å². The first kappa shape index (κ1) is 57.4. The van der Waals surface area contributed by atoms with Crippen molar-refractivity contribution in [2.24, 2.45) is 10.8 Å². The molecule has 5 atom stereocenters. The minimum atomic E-state index is -3.84. The van der Waals surface area contributed by atoms with Crippen molar-refractivity contribution in [2.75, 3.05) is 46.0 Å². The number of aromatic nitrogens is 3. The van der Waals surface area contributed by atoms with Gasteiger partial charge in [-0.3, -0.25) is 9.59 Å². The van der Waals surface area contributed by atoms with Crippen LogP contribution in [0.5, 0.6) is 5.75 Å². The Kier molecular flexibility index (Phi) is 22.4. The molecule has 0 aliphatic carbocycles. The summed E-state index contributed by atoms with van der Waals surface area (Å²) in [6.45, 7) is 15.9. The van der Waals surface area contributed by atoms with Gasteiger partial charge in [-0.2, -0.15) is 0 Å². The average Bonchev–Trinajstić information content (AvgIpc) is 3.83. The molecule has 0 amide bonds. The third kappa shape index (κ3) is 17.9. The number of esters is 2. The van der Waals surface area contributed by atoms with Crippen LogP contribution in [0.3, 0.4) is 0 Å². The number of nitrogens with zero attached hydrogens (tertiary/aromatic N) is 4. The van der Waals surface area contributed by atoms with Crippen LogP contribution in [0.1, 0.15) is 114 Å². The van der Waals surface area contributed by atoms with Crippen molar-refractivity contribution in [3.8, 4) is 5.75 Å². The minimum Gasteiger partial charge on any atom is -0.494 e. The molecule has 16 heteroatoms. The molecule has 0 saturated carbocycles. The van der Waals surface area contributed by atoms with Crippen molar-refractivity contribution in [1.82, 2.24) is 29.9 Å². The molecule has 72 heavy (non-hydrogen) atoms.